The average molecular weight is 416 g/mol. The number of hydrogen-bond acceptors (Lipinski definition) is 5. The van der Waals surface area contributed by atoms with Crippen molar-refractivity contribution in [3.8, 4) is 0 Å². The summed E-state index contributed by atoms with van der Waals surface area (Å²) in [5, 5.41) is 3.58. The van der Waals surface area contributed by atoms with Crippen molar-refractivity contribution in [1.29, 1.82) is 0 Å². The first-order chi connectivity index (χ1) is 15.0. The Bertz CT molecular complexity index is 1150. The van der Waals surface area contributed by atoms with Crippen LogP contribution < -0.4 is 5.32 Å². The summed E-state index contributed by atoms with van der Waals surface area (Å²) in [7, 11) is 0. The number of rotatable bonds is 7. The van der Waals surface area contributed by atoms with Crippen molar-refractivity contribution in [2.75, 3.05) is 5.32 Å². The van der Waals surface area contributed by atoms with E-state index in [1.54, 1.807) is 24.4 Å². The Morgan fingerprint density at radius 3 is 2.74 bits per heavy atom. The number of anilines is 1. The normalized spacial score (nSPS) is 13.5. The van der Waals surface area contributed by atoms with Crippen LogP contribution in [0.1, 0.15) is 47.7 Å². The summed E-state index contributed by atoms with van der Waals surface area (Å²) in [6.45, 7) is 1.51. The molecular formula is C25H24N2O4. The second kappa shape index (κ2) is 9.08. The number of esters is 1. The van der Waals surface area contributed by atoms with E-state index in [1.165, 1.54) is 18.1 Å². The summed E-state index contributed by atoms with van der Waals surface area (Å²) in [5.74, 6) is -1.10. The van der Waals surface area contributed by atoms with Crippen molar-refractivity contribution < 1.29 is 19.1 Å². The van der Waals surface area contributed by atoms with Gasteiger partial charge in [0.25, 0.3) is 5.91 Å². The number of ether oxygens (including phenoxy) is 1. The lowest BCUT2D eigenvalue weighted by Crippen LogP contribution is -2.30. The smallest absolute Gasteiger partial charge is 0.307 e. The van der Waals surface area contributed by atoms with Gasteiger partial charge < -0.3 is 10.1 Å². The minimum atomic E-state index is -0.977. The molecule has 1 heterocycles. The second-order valence-corrected chi connectivity index (χ2v) is 7.76. The molecule has 0 saturated carbocycles. The Kier molecular flexibility index (Phi) is 6.07. The van der Waals surface area contributed by atoms with Gasteiger partial charge in [0.2, 0.25) is 0 Å². The van der Waals surface area contributed by atoms with E-state index in [0.717, 1.165) is 30.2 Å². The lowest BCUT2D eigenvalue weighted by Gasteiger charge is -2.14. The van der Waals surface area contributed by atoms with Gasteiger partial charge in [-0.2, -0.15) is 0 Å². The van der Waals surface area contributed by atoms with Crippen LogP contribution in [0.15, 0.2) is 54.7 Å². The van der Waals surface area contributed by atoms with Gasteiger partial charge in [0.15, 0.2) is 11.9 Å². The Morgan fingerprint density at radius 1 is 1.03 bits per heavy atom. The lowest BCUT2D eigenvalue weighted by molar-refractivity contribution is -0.153. The molecule has 0 saturated heterocycles. The number of aryl methyl sites for hydroxylation is 2. The molecule has 1 atom stereocenters. The molecule has 0 bridgehead atoms. The highest BCUT2D eigenvalue weighted by Gasteiger charge is 2.20. The fraction of sp³-hybridized carbons (Fsp3) is 0.280. The third-order valence-corrected chi connectivity index (χ3v) is 5.56. The summed E-state index contributed by atoms with van der Waals surface area (Å²) in [5.41, 5.74) is 4.52. The Hall–Kier alpha value is -3.54. The number of carbonyl (C=O) groups excluding carboxylic acids is 3. The van der Waals surface area contributed by atoms with Gasteiger partial charge in [-0.1, -0.05) is 18.2 Å². The SMILES string of the molecule is CC(OC(=O)CCC(=O)c1ccc2c(c1)CCC2)C(=O)Nc1cccc2ncccc12. The molecule has 6 heteroatoms. The molecule has 0 radical (unpaired) electrons. The monoisotopic (exact) mass is 416 g/mol. The zero-order valence-corrected chi connectivity index (χ0v) is 17.4. The van der Waals surface area contributed by atoms with Crippen molar-refractivity contribution >= 4 is 34.3 Å². The third kappa shape index (κ3) is 4.79. The summed E-state index contributed by atoms with van der Waals surface area (Å²) in [6.07, 6.45) is 3.88. The standard InChI is InChI=1S/C25H24N2O4/c1-16(25(30)27-22-9-3-8-21-20(22)7-4-14-26-21)31-24(29)13-12-23(28)19-11-10-17-5-2-6-18(17)15-19/h3-4,7-11,14-16H,2,5-6,12-13H2,1H3,(H,27,30). The number of pyridine rings is 1. The molecule has 0 spiro atoms. The van der Waals surface area contributed by atoms with Crippen molar-refractivity contribution in [2.24, 2.45) is 0 Å². The molecule has 1 amide bonds. The number of Topliss-reactive ketones (excluding diaryl/α,β-unsaturated/α-hetero) is 1. The Balaban J connectivity index is 1.30. The highest BCUT2D eigenvalue weighted by atomic mass is 16.5. The second-order valence-electron chi connectivity index (χ2n) is 7.76. The van der Waals surface area contributed by atoms with E-state index in [2.05, 4.69) is 10.3 Å². The molecule has 6 nitrogen and oxygen atoms in total. The van der Waals surface area contributed by atoms with Crippen LogP contribution in [0.3, 0.4) is 0 Å². The molecular weight excluding hydrogens is 392 g/mol. The maximum Gasteiger partial charge on any atom is 0.307 e. The maximum absolute atomic E-state index is 12.5. The number of ketones is 1. The number of hydrogen-bond donors (Lipinski definition) is 1. The summed E-state index contributed by atoms with van der Waals surface area (Å²) in [6, 6.07) is 14.8. The fourth-order valence-corrected chi connectivity index (χ4v) is 3.86. The zero-order valence-electron chi connectivity index (χ0n) is 17.4. The van der Waals surface area contributed by atoms with Gasteiger partial charge in [0.05, 0.1) is 17.6 Å². The largest absolute Gasteiger partial charge is 0.453 e. The molecule has 4 rings (SSSR count). The van der Waals surface area contributed by atoms with Gasteiger partial charge in [-0.05, 0) is 67.6 Å². The van der Waals surface area contributed by atoms with E-state index in [9.17, 15) is 14.4 Å². The maximum atomic E-state index is 12.5. The van der Waals surface area contributed by atoms with Crippen LogP contribution in [0.5, 0.6) is 0 Å². The number of nitrogens with one attached hydrogen (secondary N) is 1. The van der Waals surface area contributed by atoms with Crippen LogP contribution in [0.25, 0.3) is 10.9 Å². The minimum absolute atomic E-state index is 0.0565. The lowest BCUT2D eigenvalue weighted by atomic mass is 10.0. The van der Waals surface area contributed by atoms with Crippen LogP contribution in [0.2, 0.25) is 0 Å². The number of aromatic nitrogens is 1. The van der Waals surface area contributed by atoms with Crippen LogP contribution in [-0.2, 0) is 27.2 Å². The van der Waals surface area contributed by atoms with Crippen LogP contribution in [0, 0.1) is 0 Å². The van der Waals surface area contributed by atoms with Crippen molar-refractivity contribution in [1.82, 2.24) is 4.98 Å². The number of amides is 1. The minimum Gasteiger partial charge on any atom is -0.453 e. The zero-order chi connectivity index (χ0) is 21.8. The van der Waals surface area contributed by atoms with E-state index in [4.69, 9.17) is 4.74 Å². The predicted octanol–water partition coefficient (Wildman–Crippen LogP) is 4.26. The number of benzene rings is 2. The Morgan fingerprint density at radius 2 is 1.87 bits per heavy atom. The average Bonchev–Trinajstić information content (AvgIpc) is 3.25. The molecule has 3 aromatic rings. The predicted molar refractivity (Wildman–Crippen MR) is 118 cm³/mol. The molecule has 1 aliphatic rings. The first kappa shape index (κ1) is 20.7. The molecule has 1 aliphatic carbocycles. The molecule has 1 aromatic heterocycles. The molecule has 1 unspecified atom stereocenters. The summed E-state index contributed by atoms with van der Waals surface area (Å²) in [4.78, 5) is 41.4. The Labute approximate surface area is 180 Å². The molecule has 1 N–H and O–H groups in total. The van der Waals surface area contributed by atoms with Gasteiger partial charge in [0.1, 0.15) is 0 Å². The van der Waals surface area contributed by atoms with E-state index < -0.39 is 18.0 Å². The first-order valence-electron chi connectivity index (χ1n) is 10.5. The molecule has 31 heavy (non-hydrogen) atoms. The van der Waals surface area contributed by atoms with Gasteiger partial charge in [-0.15, -0.1) is 0 Å². The quantitative estimate of drug-likeness (QED) is 0.460. The third-order valence-electron chi connectivity index (χ3n) is 5.56. The van der Waals surface area contributed by atoms with Gasteiger partial charge in [-0.25, -0.2) is 0 Å². The van der Waals surface area contributed by atoms with Crippen molar-refractivity contribution in [3.63, 3.8) is 0 Å². The summed E-state index contributed by atoms with van der Waals surface area (Å²) < 4.78 is 5.24. The highest BCUT2D eigenvalue weighted by Crippen LogP contribution is 2.24. The fourth-order valence-electron chi connectivity index (χ4n) is 3.86. The summed E-state index contributed by atoms with van der Waals surface area (Å²) >= 11 is 0. The van der Waals surface area contributed by atoms with E-state index in [1.807, 2.05) is 30.3 Å². The van der Waals surface area contributed by atoms with Gasteiger partial charge in [-0.3, -0.25) is 19.4 Å². The number of nitrogens with zero attached hydrogens (tertiary/aromatic N) is 1. The number of fused-ring (bicyclic) bond motifs is 2. The van der Waals surface area contributed by atoms with Crippen LogP contribution >= 0.6 is 0 Å². The van der Waals surface area contributed by atoms with Gasteiger partial charge in [0, 0.05) is 23.6 Å². The highest BCUT2D eigenvalue weighted by molar-refractivity contribution is 6.03. The molecule has 2 aromatic carbocycles. The molecule has 0 fully saturated rings. The van der Waals surface area contributed by atoms with E-state index >= 15 is 0 Å². The molecule has 158 valence electrons. The topological polar surface area (TPSA) is 85.4 Å². The van der Waals surface area contributed by atoms with Crippen LogP contribution in [0.4, 0.5) is 5.69 Å². The van der Waals surface area contributed by atoms with Gasteiger partial charge >= 0.3 is 5.97 Å². The van der Waals surface area contributed by atoms with Crippen molar-refractivity contribution in [3.05, 3.63) is 71.4 Å². The first-order valence-corrected chi connectivity index (χ1v) is 10.5. The van der Waals surface area contributed by atoms with Crippen molar-refractivity contribution in [2.45, 2.75) is 45.1 Å². The van der Waals surface area contributed by atoms with Crippen LogP contribution in [-0.4, -0.2) is 28.7 Å². The van der Waals surface area contributed by atoms with E-state index in [-0.39, 0.29) is 18.6 Å². The van der Waals surface area contributed by atoms with E-state index in [0.29, 0.717) is 11.3 Å². The number of carbonyl (C=O) groups is 3. The molecule has 0 aliphatic heterocycles.